The molecule has 0 aliphatic carbocycles. The maximum Gasteiger partial charge on any atom is 0.253 e. The molecule has 3 nitrogen and oxygen atoms in total. The van der Waals surface area contributed by atoms with Crippen LogP contribution in [0.3, 0.4) is 0 Å². The monoisotopic (exact) mass is 199 g/mol. The van der Waals surface area contributed by atoms with Gasteiger partial charge in [-0.2, -0.15) is 0 Å². The van der Waals surface area contributed by atoms with Crippen molar-refractivity contribution in [3.05, 3.63) is 0 Å². The molecule has 0 amide bonds. The molecule has 0 N–H and O–H groups in total. The molecule has 0 atom stereocenters. The Morgan fingerprint density at radius 2 is 1.75 bits per heavy atom. The molecule has 1 fully saturated rings. The van der Waals surface area contributed by atoms with E-state index in [-0.39, 0.29) is 0 Å². The highest BCUT2D eigenvalue weighted by Gasteiger charge is 2.28. The molecular formula is C6H11F2NO2S. The number of rotatable bonds is 3. The van der Waals surface area contributed by atoms with Crippen molar-refractivity contribution in [2.45, 2.75) is 19.3 Å². The normalized spacial score (nSPS) is 20.6. The van der Waals surface area contributed by atoms with Crippen molar-refractivity contribution >= 4 is 10.0 Å². The van der Waals surface area contributed by atoms with Gasteiger partial charge in [-0.15, -0.1) is 0 Å². The van der Waals surface area contributed by atoms with Gasteiger partial charge in [0.15, 0.2) is 0 Å². The minimum Gasteiger partial charge on any atom is -0.212 e. The second kappa shape index (κ2) is 3.66. The number of hydrogen-bond acceptors (Lipinski definition) is 2. The molecule has 0 saturated carbocycles. The van der Waals surface area contributed by atoms with Crippen molar-refractivity contribution in [1.82, 2.24) is 4.31 Å². The number of sulfonamides is 1. The van der Waals surface area contributed by atoms with Crippen LogP contribution in [0.4, 0.5) is 8.78 Å². The summed E-state index contributed by atoms with van der Waals surface area (Å²) in [4.78, 5) is 0. The van der Waals surface area contributed by atoms with E-state index in [4.69, 9.17) is 0 Å². The van der Waals surface area contributed by atoms with Crippen molar-refractivity contribution in [2.24, 2.45) is 0 Å². The van der Waals surface area contributed by atoms with Gasteiger partial charge in [-0.25, -0.2) is 21.5 Å². The third-order valence-corrected chi connectivity index (χ3v) is 3.62. The van der Waals surface area contributed by atoms with E-state index >= 15 is 0 Å². The Hall–Kier alpha value is -0.230. The van der Waals surface area contributed by atoms with Gasteiger partial charge in [-0.05, 0) is 12.8 Å². The molecule has 0 bridgehead atoms. The first-order valence-electron chi connectivity index (χ1n) is 3.78. The molecule has 1 aliphatic heterocycles. The maximum absolute atomic E-state index is 11.8. The number of alkyl halides is 2. The highest BCUT2D eigenvalue weighted by Crippen LogP contribution is 2.14. The predicted octanol–water partition coefficient (Wildman–Crippen LogP) is 0.677. The average molecular weight is 199 g/mol. The Morgan fingerprint density at radius 1 is 1.25 bits per heavy atom. The van der Waals surface area contributed by atoms with Gasteiger partial charge >= 0.3 is 0 Å². The second-order valence-corrected chi connectivity index (χ2v) is 4.79. The van der Waals surface area contributed by atoms with Crippen LogP contribution in [0.15, 0.2) is 0 Å². The topological polar surface area (TPSA) is 37.4 Å². The molecule has 12 heavy (non-hydrogen) atoms. The summed E-state index contributed by atoms with van der Waals surface area (Å²) in [6, 6.07) is 0. The van der Waals surface area contributed by atoms with E-state index in [2.05, 4.69) is 0 Å². The van der Waals surface area contributed by atoms with E-state index in [1.54, 1.807) is 0 Å². The molecule has 1 rings (SSSR count). The molecular weight excluding hydrogens is 188 g/mol. The SMILES string of the molecule is O=S(=O)(CC(F)F)N1CCCC1. The zero-order chi connectivity index (χ0) is 9.19. The van der Waals surface area contributed by atoms with Crippen molar-refractivity contribution in [1.29, 1.82) is 0 Å². The summed E-state index contributed by atoms with van der Waals surface area (Å²) in [6.45, 7) is 0.796. The first-order chi connectivity index (χ1) is 5.52. The summed E-state index contributed by atoms with van der Waals surface area (Å²) in [6.07, 6.45) is -1.21. The summed E-state index contributed by atoms with van der Waals surface area (Å²) < 4.78 is 46.9. The zero-order valence-corrected chi connectivity index (χ0v) is 7.36. The number of halogens is 2. The fourth-order valence-corrected chi connectivity index (χ4v) is 2.57. The van der Waals surface area contributed by atoms with Crippen LogP contribution >= 0.6 is 0 Å². The van der Waals surface area contributed by atoms with Gasteiger partial charge < -0.3 is 0 Å². The van der Waals surface area contributed by atoms with Crippen LogP contribution in [0.1, 0.15) is 12.8 Å². The van der Waals surface area contributed by atoms with Crippen LogP contribution in [0.25, 0.3) is 0 Å². The smallest absolute Gasteiger partial charge is 0.212 e. The van der Waals surface area contributed by atoms with E-state index in [1.165, 1.54) is 0 Å². The van der Waals surface area contributed by atoms with E-state index in [0.29, 0.717) is 13.1 Å². The number of nitrogens with zero attached hydrogens (tertiary/aromatic N) is 1. The third-order valence-electron chi connectivity index (χ3n) is 1.80. The largest absolute Gasteiger partial charge is 0.253 e. The van der Waals surface area contributed by atoms with Crippen LogP contribution in [-0.4, -0.2) is 38.0 Å². The predicted molar refractivity (Wildman–Crippen MR) is 40.6 cm³/mol. The third kappa shape index (κ3) is 2.38. The summed E-state index contributed by atoms with van der Waals surface area (Å²) in [5.74, 6) is -1.03. The van der Waals surface area contributed by atoms with Gasteiger partial charge in [-0.1, -0.05) is 0 Å². The Bertz CT molecular complexity index is 234. The Balaban J connectivity index is 2.58. The lowest BCUT2D eigenvalue weighted by Gasteiger charge is -2.14. The van der Waals surface area contributed by atoms with Crippen LogP contribution < -0.4 is 0 Å². The fourth-order valence-electron chi connectivity index (χ4n) is 1.23. The molecule has 1 heterocycles. The van der Waals surface area contributed by atoms with Crippen molar-refractivity contribution in [3.8, 4) is 0 Å². The Kier molecular flexibility index (Phi) is 3.00. The van der Waals surface area contributed by atoms with Gasteiger partial charge in [0.1, 0.15) is 5.75 Å². The number of hydrogen-bond donors (Lipinski definition) is 0. The fraction of sp³-hybridized carbons (Fsp3) is 1.00. The molecule has 1 aliphatic rings. The molecule has 0 aromatic carbocycles. The maximum atomic E-state index is 11.8. The van der Waals surface area contributed by atoms with Gasteiger partial charge in [0.25, 0.3) is 6.43 Å². The summed E-state index contributed by atoms with van der Waals surface area (Å²) >= 11 is 0. The molecule has 0 radical (unpaired) electrons. The highest BCUT2D eigenvalue weighted by molar-refractivity contribution is 7.89. The molecule has 0 unspecified atom stereocenters. The lowest BCUT2D eigenvalue weighted by Crippen LogP contribution is -2.32. The minimum absolute atomic E-state index is 0.398. The van der Waals surface area contributed by atoms with Crippen molar-refractivity contribution < 1.29 is 17.2 Å². The zero-order valence-electron chi connectivity index (χ0n) is 6.54. The van der Waals surface area contributed by atoms with Crippen LogP contribution in [0.2, 0.25) is 0 Å². The second-order valence-electron chi connectivity index (χ2n) is 2.78. The van der Waals surface area contributed by atoms with Gasteiger partial charge in [0, 0.05) is 13.1 Å². The first-order valence-corrected chi connectivity index (χ1v) is 5.39. The molecule has 1 saturated heterocycles. The van der Waals surface area contributed by atoms with E-state index in [0.717, 1.165) is 17.1 Å². The molecule has 0 spiro atoms. The Labute approximate surface area is 70.4 Å². The summed E-state index contributed by atoms with van der Waals surface area (Å²) in [5.41, 5.74) is 0. The lowest BCUT2D eigenvalue weighted by atomic mass is 10.4. The molecule has 6 heteroatoms. The van der Waals surface area contributed by atoms with E-state index in [1.807, 2.05) is 0 Å². The molecule has 72 valence electrons. The summed E-state index contributed by atoms with van der Waals surface area (Å²) in [5, 5.41) is 0. The average Bonchev–Trinajstić information content (AvgIpc) is 2.32. The highest BCUT2D eigenvalue weighted by atomic mass is 32.2. The van der Waals surface area contributed by atoms with Gasteiger partial charge in [0.05, 0.1) is 0 Å². The van der Waals surface area contributed by atoms with Crippen molar-refractivity contribution in [2.75, 3.05) is 18.8 Å². The van der Waals surface area contributed by atoms with E-state index in [9.17, 15) is 17.2 Å². The van der Waals surface area contributed by atoms with Gasteiger partial charge in [-0.3, -0.25) is 0 Å². The quantitative estimate of drug-likeness (QED) is 0.670. The van der Waals surface area contributed by atoms with Crippen LogP contribution in [0.5, 0.6) is 0 Å². The van der Waals surface area contributed by atoms with Crippen molar-refractivity contribution in [3.63, 3.8) is 0 Å². The van der Waals surface area contributed by atoms with Crippen LogP contribution in [0, 0.1) is 0 Å². The lowest BCUT2D eigenvalue weighted by molar-refractivity contribution is 0.172. The first kappa shape index (κ1) is 9.85. The molecule has 0 aromatic rings. The summed E-state index contributed by atoms with van der Waals surface area (Å²) in [7, 11) is -3.68. The minimum atomic E-state index is -3.68. The Morgan fingerprint density at radius 3 is 2.17 bits per heavy atom. The van der Waals surface area contributed by atoms with Gasteiger partial charge in [0.2, 0.25) is 10.0 Å². The van der Waals surface area contributed by atoms with Crippen LogP contribution in [-0.2, 0) is 10.0 Å². The molecule has 0 aromatic heterocycles. The standard InChI is InChI=1S/C6H11F2NO2S/c7-6(8)5-12(10,11)9-3-1-2-4-9/h6H,1-5H2. The van der Waals surface area contributed by atoms with E-state index < -0.39 is 22.2 Å².